The normalized spacial score (nSPS) is 17.9. The molecule has 3 aromatic carbocycles. The van der Waals surface area contributed by atoms with Gasteiger partial charge in [-0.15, -0.1) is 11.8 Å². The number of carbonyl (C=O) groups excluding carboxylic acids is 1. The number of hydrogen-bond acceptors (Lipinski definition) is 6. The molecule has 2 atom stereocenters. The number of ether oxygens (including phenoxy) is 2. The zero-order valence-electron chi connectivity index (χ0n) is 19.3. The van der Waals surface area contributed by atoms with E-state index in [-0.39, 0.29) is 11.7 Å². The van der Waals surface area contributed by atoms with Gasteiger partial charge in [0.1, 0.15) is 29.2 Å². The maximum atomic E-state index is 13.4. The number of amides is 1. The largest absolute Gasteiger partial charge is 0.497 e. The fourth-order valence-corrected chi connectivity index (χ4v) is 4.99. The maximum absolute atomic E-state index is 13.4. The van der Waals surface area contributed by atoms with Crippen LogP contribution < -0.4 is 14.4 Å². The number of hydrogen-bond donors (Lipinski definition) is 1. The minimum Gasteiger partial charge on any atom is -0.497 e. The van der Waals surface area contributed by atoms with Crippen LogP contribution in [0.5, 0.6) is 17.2 Å². The average Bonchev–Trinajstić information content (AvgIpc) is 2.93. The van der Waals surface area contributed by atoms with Crippen molar-refractivity contribution in [3.8, 4) is 17.2 Å². The number of methoxy groups -OCH3 is 1. The van der Waals surface area contributed by atoms with Crippen LogP contribution in [0.15, 0.2) is 71.6 Å². The number of thioether (sulfide) groups is 1. The second kappa shape index (κ2) is 10.5. The molecule has 34 heavy (non-hydrogen) atoms. The van der Waals surface area contributed by atoms with E-state index in [4.69, 9.17) is 9.47 Å². The van der Waals surface area contributed by atoms with Crippen LogP contribution in [-0.4, -0.2) is 56.3 Å². The van der Waals surface area contributed by atoms with Crippen LogP contribution in [0.1, 0.15) is 10.8 Å². The summed E-state index contributed by atoms with van der Waals surface area (Å²) in [4.78, 5) is 17.8. The van der Waals surface area contributed by atoms with Crippen LogP contribution in [0.25, 0.3) is 0 Å². The molecular weight excluding hydrogens is 455 g/mol. The van der Waals surface area contributed by atoms with E-state index in [1.54, 1.807) is 30.2 Å². The van der Waals surface area contributed by atoms with Crippen LogP contribution >= 0.6 is 11.8 Å². The Morgan fingerprint density at radius 1 is 1.00 bits per heavy atom. The summed E-state index contributed by atoms with van der Waals surface area (Å²) in [6.07, 6.45) is -1.23. The number of halogens is 1. The van der Waals surface area contributed by atoms with Gasteiger partial charge in [0.2, 0.25) is 0 Å². The van der Waals surface area contributed by atoms with Gasteiger partial charge in [0.25, 0.3) is 5.91 Å². The Morgan fingerprint density at radius 3 is 2.29 bits per heavy atom. The van der Waals surface area contributed by atoms with Gasteiger partial charge >= 0.3 is 0 Å². The molecule has 1 amide bonds. The molecule has 1 heterocycles. The third kappa shape index (κ3) is 5.35. The first kappa shape index (κ1) is 24.1. The first-order valence-corrected chi connectivity index (χ1v) is 11.8. The minimum absolute atomic E-state index is 0.337. The molecule has 1 aliphatic rings. The summed E-state index contributed by atoms with van der Waals surface area (Å²) in [6, 6.07) is 18.6. The van der Waals surface area contributed by atoms with Crippen molar-refractivity contribution in [2.24, 2.45) is 0 Å². The minimum atomic E-state index is -1.23. The van der Waals surface area contributed by atoms with Gasteiger partial charge in [-0.05, 0) is 74.3 Å². The number of likely N-dealkylation sites (N-methyl/N-ethyl adjacent to an activating group) is 1. The standard InChI is InChI=1S/C26H27FN2O4S/c1-28(2)14-15-29-22-13-12-21(33-20-10-6-18(27)7-11-20)16-23(22)34-25(24(30)26(29)31)17-4-8-19(32-3)9-5-17/h4-13,16,24-25,30H,14-15H2,1-3H3/t24-,25+/m1/s1. The lowest BCUT2D eigenvalue weighted by atomic mass is 10.1. The molecule has 178 valence electrons. The average molecular weight is 483 g/mol. The quantitative estimate of drug-likeness (QED) is 0.526. The Hall–Kier alpha value is -3.07. The molecule has 8 heteroatoms. The van der Waals surface area contributed by atoms with Gasteiger partial charge in [-0.25, -0.2) is 4.39 Å². The number of aliphatic hydroxyl groups excluding tert-OH is 1. The number of benzene rings is 3. The Morgan fingerprint density at radius 2 is 1.65 bits per heavy atom. The summed E-state index contributed by atoms with van der Waals surface area (Å²) in [5.74, 6) is 1.08. The highest BCUT2D eigenvalue weighted by molar-refractivity contribution is 7.99. The van der Waals surface area contributed by atoms with Crippen molar-refractivity contribution < 1.29 is 23.8 Å². The number of rotatable bonds is 7. The third-order valence-electron chi connectivity index (χ3n) is 5.55. The predicted octanol–water partition coefficient (Wildman–Crippen LogP) is 4.73. The Balaban J connectivity index is 1.71. The molecule has 3 aromatic rings. The summed E-state index contributed by atoms with van der Waals surface area (Å²) in [6.45, 7) is 1.08. The highest BCUT2D eigenvalue weighted by Gasteiger charge is 2.37. The van der Waals surface area contributed by atoms with Gasteiger partial charge in [0.05, 0.1) is 18.0 Å². The number of fused-ring (bicyclic) bond motifs is 1. The van der Waals surface area contributed by atoms with Gasteiger partial charge in [0, 0.05) is 18.0 Å². The van der Waals surface area contributed by atoms with E-state index in [2.05, 4.69) is 0 Å². The predicted molar refractivity (Wildman–Crippen MR) is 131 cm³/mol. The molecule has 0 unspecified atom stereocenters. The molecule has 1 N–H and O–H groups in total. The Kier molecular flexibility index (Phi) is 7.41. The summed E-state index contributed by atoms with van der Waals surface area (Å²) >= 11 is 1.41. The van der Waals surface area contributed by atoms with Crippen LogP contribution in [0, 0.1) is 5.82 Å². The van der Waals surface area contributed by atoms with Crippen molar-refractivity contribution >= 4 is 23.4 Å². The summed E-state index contributed by atoms with van der Waals surface area (Å²) in [5, 5.41) is 10.6. The van der Waals surface area contributed by atoms with Crippen LogP contribution in [0.3, 0.4) is 0 Å². The van der Waals surface area contributed by atoms with Gasteiger partial charge in [-0.2, -0.15) is 0 Å². The van der Waals surface area contributed by atoms with Crippen molar-refractivity contribution in [2.75, 3.05) is 39.2 Å². The third-order valence-corrected chi connectivity index (χ3v) is 6.91. The molecule has 0 saturated heterocycles. The lowest BCUT2D eigenvalue weighted by Gasteiger charge is -2.26. The monoisotopic (exact) mass is 482 g/mol. The van der Waals surface area contributed by atoms with Crippen molar-refractivity contribution in [1.29, 1.82) is 0 Å². The highest BCUT2D eigenvalue weighted by atomic mass is 32.2. The topological polar surface area (TPSA) is 62.2 Å². The molecule has 0 bridgehead atoms. The molecular formula is C26H27FN2O4S. The number of anilines is 1. The zero-order valence-corrected chi connectivity index (χ0v) is 20.1. The molecule has 0 aromatic heterocycles. The molecule has 0 saturated carbocycles. The lowest BCUT2D eigenvalue weighted by molar-refractivity contribution is -0.126. The van der Waals surface area contributed by atoms with E-state index in [0.29, 0.717) is 30.3 Å². The zero-order chi connectivity index (χ0) is 24.2. The van der Waals surface area contributed by atoms with Crippen molar-refractivity contribution in [1.82, 2.24) is 4.90 Å². The molecule has 0 spiro atoms. The highest BCUT2D eigenvalue weighted by Crippen LogP contribution is 2.47. The molecule has 0 fully saturated rings. The van der Waals surface area contributed by atoms with Crippen LogP contribution in [0.4, 0.5) is 10.1 Å². The van der Waals surface area contributed by atoms with E-state index >= 15 is 0 Å². The van der Waals surface area contributed by atoms with Gasteiger partial charge in [0.15, 0.2) is 0 Å². The lowest BCUT2D eigenvalue weighted by Crippen LogP contribution is -2.43. The maximum Gasteiger partial charge on any atom is 0.257 e. The van der Waals surface area contributed by atoms with Gasteiger partial charge in [-0.3, -0.25) is 4.79 Å². The summed E-state index contributed by atoms with van der Waals surface area (Å²) in [7, 11) is 5.47. The number of nitrogens with zero attached hydrogens (tertiary/aromatic N) is 2. The Bertz CT molecular complexity index is 1140. The van der Waals surface area contributed by atoms with Crippen molar-refractivity contribution in [3.63, 3.8) is 0 Å². The number of aliphatic hydroxyl groups is 1. The second-order valence-corrected chi connectivity index (χ2v) is 9.42. The van der Waals surface area contributed by atoms with Crippen molar-refractivity contribution in [2.45, 2.75) is 16.2 Å². The van der Waals surface area contributed by atoms with E-state index < -0.39 is 11.4 Å². The van der Waals surface area contributed by atoms with Gasteiger partial charge in [-0.1, -0.05) is 12.1 Å². The van der Waals surface area contributed by atoms with Crippen LogP contribution in [-0.2, 0) is 4.79 Å². The second-order valence-electron chi connectivity index (χ2n) is 8.24. The smallest absolute Gasteiger partial charge is 0.257 e. The molecule has 1 aliphatic heterocycles. The van der Waals surface area contributed by atoms with E-state index in [0.717, 1.165) is 16.1 Å². The molecule has 0 radical (unpaired) electrons. The van der Waals surface area contributed by atoms with Crippen LogP contribution in [0.2, 0.25) is 0 Å². The Labute approximate surface area is 202 Å². The first-order chi connectivity index (χ1) is 16.4. The molecule has 6 nitrogen and oxygen atoms in total. The SMILES string of the molecule is COc1ccc([C@@H]2Sc3cc(Oc4ccc(F)cc4)ccc3N(CCN(C)C)C(=O)[C@@H]2O)cc1. The van der Waals surface area contributed by atoms with E-state index in [1.165, 1.54) is 23.9 Å². The fraction of sp³-hybridized carbons (Fsp3) is 0.269. The summed E-state index contributed by atoms with van der Waals surface area (Å²) in [5.41, 5.74) is 1.54. The van der Waals surface area contributed by atoms with Gasteiger partial charge < -0.3 is 24.4 Å². The first-order valence-electron chi connectivity index (χ1n) is 10.9. The molecule has 4 rings (SSSR count). The van der Waals surface area contributed by atoms with E-state index in [1.807, 2.05) is 55.4 Å². The number of carbonyl (C=O) groups is 1. The molecule has 0 aliphatic carbocycles. The summed E-state index contributed by atoms with van der Waals surface area (Å²) < 4.78 is 24.4. The van der Waals surface area contributed by atoms with E-state index in [9.17, 15) is 14.3 Å². The fourth-order valence-electron chi connectivity index (χ4n) is 3.70. The van der Waals surface area contributed by atoms with Crippen molar-refractivity contribution in [3.05, 3.63) is 78.1 Å².